The zero-order valence-electron chi connectivity index (χ0n) is 8.17. The van der Waals surface area contributed by atoms with E-state index in [0.29, 0.717) is 0 Å². The van der Waals surface area contributed by atoms with Gasteiger partial charge >= 0.3 is 5.97 Å². The largest absolute Gasteiger partial charge is 0.478 e. The molecule has 0 aliphatic heterocycles. The molecule has 0 aliphatic rings. The molecule has 16 heavy (non-hydrogen) atoms. The Labute approximate surface area is 96.0 Å². The molecule has 6 heteroatoms. The third-order valence-electron chi connectivity index (χ3n) is 1.81. The summed E-state index contributed by atoms with van der Waals surface area (Å²) in [6.45, 7) is 0. The number of alkyl halides is 1. The van der Waals surface area contributed by atoms with Gasteiger partial charge in [0.1, 0.15) is 5.82 Å². The van der Waals surface area contributed by atoms with Crippen LogP contribution in [0.15, 0.2) is 18.2 Å². The van der Waals surface area contributed by atoms with Crippen LogP contribution in [0.3, 0.4) is 0 Å². The average molecular weight is 246 g/mol. The van der Waals surface area contributed by atoms with Crippen molar-refractivity contribution in [2.75, 3.05) is 11.2 Å². The second-order valence-electron chi connectivity index (χ2n) is 2.99. The van der Waals surface area contributed by atoms with Crippen LogP contribution in [0.25, 0.3) is 0 Å². The van der Waals surface area contributed by atoms with Gasteiger partial charge in [0.05, 0.1) is 11.3 Å². The van der Waals surface area contributed by atoms with Gasteiger partial charge < -0.3 is 10.4 Å². The molecule has 1 amide bonds. The summed E-state index contributed by atoms with van der Waals surface area (Å²) in [4.78, 5) is 21.8. The van der Waals surface area contributed by atoms with Crippen LogP contribution >= 0.6 is 11.6 Å². The number of hydrogen-bond donors (Lipinski definition) is 2. The molecule has 2 N–H and O–H groups in total. The number of anilines is 1. The highest BCUT2D eigenvalue weighted by Crippen LogP contribution is 2.16. The first-order chi connectivity index (χ1) is 7.54. The number of carbonyl (C=O) groups excluding carboxylic acids is 1. The fourth-order valence-electron chi connectivity index (χ4n) is 1.05. The van der Waals surface area contributed by atoms with Gasteiger partial charge in [-0.1, -0.05) is 0 Å². The molecule has 0 radical (unpaired) electrons. The minimum absolute atomic E-state index is 0.0400. The number of benzene rings is 1. The SMILES string of the molecule is O=C(CCCl)Nc1cc(C(=O)O)ccc1F. The van der Waals surface area contributed by atoms with Crippen molar-refractivity contribution >= 4 is 29.2 Å². The average Bonchev–Trinajstić information content (AvgIpc) is 2.21. The van der Waals surface area contributed by atoms with E-state index in [-0.39, 0.29) is 23.6 Å². The molecule has 0 fully saturated rings. The topological polar surface area (TPSA) is 66.4 Å². The Balaban J connectivity index is 2.90. The molecule has 4 nitrogen and oxygen atoms in total. The van der Waals surface area contributed by atoms with Crippen molar-refractivity contribution in [1.82, 2.24) is 0 Å². The Morgan fingerprint density at radius 1 is 1.44 bits per heavy atom. The number of aromatic carboxylic acids is 1. The maximum absolute atomic E-state index is 13.2. The molecule has 0 bridgehead atoms. The lowest BCUT2D eigenvalue weighted by Crippen LogP contribution is -2.13. The molecule has 0 saturated carbocycles. The predicted octanol–water partition coefficient (Wildman–Crippen LogP) is 2.09. The van der Waals surface area contributed by atoms with Crippen molar-refractivity contribution in [2.45, 2.75) is 6.42 Å². The van der Waals surface area contributed by atoms with E-state index in [1.165, 1.54) is 0 Å². The molecule has 0 unspecified atom stereocenters. The first-order valence-electron chi connectivity index (χ1n) is 4.43. The van der Waals surface area contributed by atoms with Gasteiger partial charge in [0.25, 0.3) is 0 Å². The van der Waals surface area contributed by atoms with Gasteiger partial charge in [-0.05, 0) is 18.2 Å². The van der Waals surface area contributed by atoms with Gasteiger partial charge in [0.2, 0.25) is 5.91 Å². The normalized spacial score (nSPS) is 9.88. The zero-order valence-corrected chi connectivity index (χ0v) is 8.92. The monoisotopic (exact) mass is 245 g/mol. The third kappa shape index (κ3) is 3.20. The summed E-state index contributed by atoms with van der Waals surface area (Å²) in [5, 5.41) is 10.9. The Kier molecular flexibility index (Phi) is 4.25. The Morgan fingerprint density at radius 3 is 2.69 bits per heavy atom. The molecule has 0 atom stereocenters. The first kappa shape index (κ1) is 12.4. The minimum atomic E-state index is -1.19. The molecule has 0 aliphatic carbocycles. The fraction of sp³-hybridized carbons (Fsp3) is 0.200. The molecule has 1 rings (SSSR count). The Hall–Kier alpha value is -1.62. The highest BCUT2D eigenvalue weighted by atomic mass is 35.5. The van der Waals surface area contributed by atoms with Gasteiger partial charge in [0.15, 0.2) is 0 Å². The molecule has 0 spiro atoms. The van der Waals surface area contributed by atoms with Crippen LogP contribution in [-0.2, 0) is 4.79 Å². The number of amides is 1. The van der Waals surface area contributed by atoms with Crippen molar-refractivity contribution < 1.29 is 19.1 Å². The number of halogens is 2. The van der Waals surface area contributed by atoms with Crippen LogP contribution in [-0.4, -0.2) is 22.9 Å². The van der Waals surface area contributed by atoms with Crippen LogP contribution in [0.1, 0.15) is 16.8 Å². The lowest BCUT2D eigenvalue weighted by Gasteiger charge is -2.06. The number of carboxylic acids is 1. The number of carboxylic acid groups (broad SMARTS) is 1. The molecule has 0 saturated heterocycles. The zero-order chi connectivity index (χ0) is 12.1. The first-order valence-corrected chi connectivity index (χ1v) is 4.96. The Bertz CT molecular complexity index is 423. The maximum Gasteiger partial charge on any atom is 0.335 e. The molecule has 0 heterocycles. The lowest BCUT2D eigenvalue weighted by atomic mass is 10.2. The summed E-state index contributed by atoms with van der Waals surface area (Å²) in [6, 6.07) is 3.17. The second kappa shape index (κ2) is 5.46. The summed E-state index contributed by atoms with van der Waals surface area (Å²) in [6.07, 6.45) is 0.0400. The van der Waals surface area contributed by atoms with Crippen LogP contribution in [0.5, 0.6) is 0 Å². The van der Waals surface area contributed by atoms with E-state index in [9.17, 15) is 14.0 Å². The predicted molar refractivity (Wildman–Crippen MR) is 57.3 cm³/mol. The van der Waals surface area contributed by atoms with Gasteiger partial charge in [-0.25, -0.2) is 9.18 Å². The van der Waals surface area contributed by atoms with Crippen LogP contribution in [0.4, 0.5) is 10.1 Å². The highest BCUT2D eigenvalue weighted by Gasteiger charge is 2.10. The summed E-state index contributed by atoms with van der Waals surface area (Å²) >= 11 is 5.34. The quantitative estimate of drug-likeness (QED) is 0.799. The van der Waals surface area contributed by atoms with Gasteiger partial charge in [-0.3, -0.25) is 4.79 Å². The fourth-order valence-corrected chi connectivity index (χ4v) is 1.22. The molecular formula is C10H9ClFNO3. The van der Waals surface area contributed by atoms with Gasteiger partial charge in [0, 0.05) is 12.3 Å². The molecular weight excluding hydrogens is 237 g/mol. The summed E-state index contributed by atoms with van der Waals surface area (Å²) in [5.41, 5.74) is -0.252. The molecule has 1 aromatic carbocycles. The highest BCUT2D eigenvalue weighted by molar-refractivity contribution is 6.19. The van der Waals surface area contributed by atoms with Crippen molar-refractivity contribution in [3.63, 3.8) is 0 Å². The number of carbonyl (C=O) groups is 2. The lowest BCUT2D eigenvalue weighted by molar-refractivity contribution is -0.115. The summed E-state index contributed by atoms with van der Waals surface area (Å²) in [5.74, 6) is -2.22. The molecule has 1 aromatic rings. The standard InChI is InChI=1S/C10H9ClFNO3/c11-4-3-9(14)13-8-5-6(10(15)16)1-2-7(8)12/h1-2,5H,3-4H2,(H,13,14)(H,15,16). The van der Waals surface area contributed by atoms with E-state index in [1.54, 1.807) is 0 Å². The number of hydrogen-bond acceptors (Lipinski definition) is 2. The van der Waals surface area contributed by atoms with E-state index in [4.69, 9.17) is 16.7 Å². The van der Waals surface area contributed by atoms with E-state index in [0.717, 1.165) is 18.2 Å². The number of rotatable bonds is 4. The van der Waals surface area contributed by atoms with Crippen LogP contribution in [0, 0.1) is 5.82 Å². The van der Waals surface area contributed by atoms with Crippen LogP contribution in [0.2, 0.25) is 0 Å². The molecule has 86 valence electrons. The number of nitrogens with one attached hydrogen (secondary N) is 1. The van der Waals surface area contributed by atoms with Crippen molar-refractivity contribution in [3.8, 4) is 0 Å². The maximum atomic E-state index is 13.2. The van der Waals surface area contributed by atoms with Gasteiger partial charge in [-0.2, -0.15) is 0 Å². The molecule has 0 aromatic heterocycles. The third-order valence-corrected chi connectivity index (χ3v) is 2.00. The van der Waals surface area contributed by atoms with Crippen LogP contribution < -0.4 is 5.32 Å². The van der Waals surface area contributed by atoms with E-state index in [2.05, 4.69) is 5.32 Å². The van der Waals surface area contributed by atoms with E-state index in [1.807, 2.05) is 0 Å². The second-order valence-corrected chi connectivity index (χ2v) is 3.36. The van der Waals surface area contributed by atoms with E-state index < -0.39 is 17.7 Å². The van der Waals surface area contributed by atoms with Gasteiger partial charge in [-0.15, -0.1) is 11.6 Å². The van der Waals surface area contributed by atoms with Crippen molar-refractivity contribution in [1.29, 1.82) is 0 Å². The minimum Gasteiger partial charge on any atom is -0.478 e. The van der Waals surface area contributed by atoms with Crippen molar-refractivity contribution in [2.24, 2.45) is 0 Å². The van der Waals surface area contributed by atoms with E-state index >= 15 is 0 Å². The summed E-state index contributed by atoms with van der Waals surface area (Å²) in [7, 11) is 0. The van der Waals surface area contributed by atoms with Crippen molar-refractivity contribution in [3.05, 3.63) is 29.6 Å². The summed E-state index contributed by atoms with van der Waals surface area (Å²) < 4.78 is 13.2. The smallest absolute Gasteiger partial charge is 0.335 e. The Morgan fingerprint density at radius 2 is 2.12 bits per heavy atom.